The number of aromatic nitrogens is 2. The highest BCUT2D eigenvalue weighted by Gasteiger charge is 2.41. The van der Waals surface area contributed by atoms with Crippen molar-refractivity contribution in [3.05, 3.63) is 17.7 Å². The molecule has 2 aromatic heterocycles. The van der Waals surface area contributed by atoms with Gasteiger partial charge < -0.3 is 15.1 Å². The van der Waals surface area contributed by atoms with Gasteiger partial charge in [0.05, 0.1) is 17.0 Å². The van der Waals surface area contributed by atoms with Crippen LogP contribution in [0.2, 0.25) is 0 Å². The Bertz CT molecular complexity index is 871. The third-order valence-corrected chi connectivity index (χ3v) is 5.09. The van der Waals surface area contributed by atoms with Crippen molar-refractivity contribution in [2.75, 3.05) is 5.32 Å². The molecule has 0 saturated heterocycles. The number of amides is 1. The van der Waals surface area contributed by atoms with Crippen LogP contribution in [0.4, 0.5) is 5.82 Å². The van der Waals surface area contributed by atoms with Gasteiger partial charge in [-0.1, -0.05) is 0 Å². The molecule has 0 bridgehead atoms. The Hall–Kier alpha value is -2.62. The Labute approximate surface area is 139 Å². The summed E-state index contributed by atoms with van der Waals surface area (Å²) in [6, 6.07) is 2.23. The lowest BCUT2D eigenvalue weighted by atomic mass is 9.78. The molecule has 4 rings (SSSR count). The van der Waals surface area contributed by atoms with Gasteiger partial charge >= 0.3 is 0 Å². The van der Waals surface area contributed by atoms with Crippen molar-refractivity contribution in [2.24, 2.45) is 0 Å². The number of aryl methyl sites for hydroxylation is 1. The number of fused-ring (bicyclic) bond motifs is 1. The molecule has 7 nitrogen and oxygen atoms in total. The number of hydrogen-bond donors (Lipinski definition) is 2. The van der Waals surface area contributed by atoms with Crippen molar-refractivity contribution >= 4 is 22.8 Å². The average Bonchev–Trinajstić information content (AvgIpc) is 3.12. The molecule has 0 aromatic carbocycles. The number of anilines is 1. The molecule has 2 heterocycles. The number of nitriles is 1. The quantitative estimate of drug-likeness (QED) is 0.895. The first-order valence-electron chi connectivity index (χ1n) is 8.21. The predicted octanol–water partition coefficient (Wildman–Crippen LogP) is 2.67. The van der Waals surface area contributed by atoms with Crippen molar-refractivity contribution in [2.45, 2.75) is 57.0 Å². The highest BCUT2D eigenvalue weighted by molar-refractivity contribution is 6.10. The van der Waals surface area contributed by atoms with E-state index in [0.717, 1.165) is 19.3 Å². The van der Waals surface area contributed by atoms with E-state index < -0.39 is 5.54 Å². The van der Waals surface area contributed by atoms with Crippen LogP contribution in [0.3, 0.4) is 0 Å². The first kappa shape index (κ1) is 14.9. The number of nitrogens with zero attached hydrogens (tertiary/aromatic N) is 3. The average molecular weight is 325 g/mol. The van der Waals surface area contributed by atoms with Gasteiger partial charge in [0.2, 0.25) is 5.71 Å². The molecule has 2 aliphatic rings. The summed E-state index contributed by atoms with van der Waals surface area (Å²) in [6.45, 7) is 3.85. The molecule has 0 aliphatic heterocycles. The molecule has 2 aliphatic carbocycles. The van der Waals surface area contributed by atoms with E-state index in [4.69, 9.17) is 4.42 Å². The van der Waals surface area contributed by atoms with E-state index in [0.29, 0.717) is 41.1 Å². The minimum atomic E-state index is -0.751. The van der Waals surface area contributed by atoms with E-state index in [1.807, 2.05) is 0 Å². The largest absolute Gasteiger partial charge is 0.442 e. The van der Waals surface area contributed by atoms with Crippen molar-refractivity contribution < 1.29 is 9.21 Å². The second-order valence-corrected chi connectivity index (χ2v) is 7.12. The Kier molecular flexibility index (Phi) is 3.07. The molecule has 2 aromatic rings. The van der Waals surface area contributed by atoms with Crippen LogP contribution in [-0.2, 0) is 0 Å². The normalized spacial score (nSPS) is 20.0. The molecule has 1 amide bonds. The van der Waals surface area contributed by atoms with Crippen molar-refractivity contribution in [1.82, 2.24) is 15.3 Å². The zero-order valence-electron chi connectivity index (χ0n) is 13.8. The summed E-state index contributed by atoms with van der Waals surface area (Å²) < 4.78 is 5.66. The predicted molar refractivity (Wildman–Crippen MR) is 87.5 cm³/mol. The molecule has 2 fully saturated rings. The van der Waals surface area contributed by atoms with Crippen molar-refractivity contribution in [3.8, 4) is 6.07 Å². The van der Waals surface area contributed by atoms with Gasteiger partial charge in [0.1, 0.15) is 23.4 Å². The molecular formula is C17H19N5O2. The van der Waals surface area contributed by atoms with E-state index in [-0.39, 0.29) is 11.4 Å². The third-order valence-electron chi connectivity index (χ3n) is 5.09. The minimum Gasteiger partial charge on any atom is -0.442 e. The number of carbonyl (C=O) groups excluding carboxylic acids is 1. The zero-order valence-corrected chi connectivity index (χ0v) is 13.8. The summed E-state index contributed by atoms with van der Waals surface area (Å²) in [7, 11) is 0. The fourth-order valence-electron chi connectivity index (χ4n) is 3.09. The van der Waals surface area contributed by atoms with E-state index in [1.54, 1.807) is 6.92 Å². The van der Waals surface area contributed by atoms with E-state index in [9.17, 15) is 10.1 Å². The number of hydrogen-bond acceptors (Lipinski definition) is 6. The molecule has 2 N–H and O–H groups in total. The summed E-state index contributed by atoms with van der Waals surface area (Å²) in [5.74, 6) is 0.798. The molecule has 124 valence electrons. The second-order valence-electron chi connectivity index (χ2n) is 7.12. The van der Waals surface area contributed by atoms with Crippen LogP contribution < -0.4 is 10.6 Å². The van der Waals surface area contributed by atoms with Gasteiger partial charge in [-0.05, 0) is 46.0 Å². The number of carbonyl (C=O) groups is 1. The van der Waals surface area contributed by atoms with Gasteiger partial charge in [-0.15, -0.1) is 0 Å². The molecule has 7 heteroatoms. The molecule has 2 saturated carbocycles. The van der Waals surface area contributed by atoms with Gasteiger partial charge in [-0.2, -0.15) is 5.26 Å². The van der Waals surface area contributed by atoms with E-state index in [2.05, 4.69) is 33.6 Å². The Balaban J connectivity index is 1.75. The number of furan rings is 1. The summed E-state index contributed by atoms with van der Waals surface area (Å²) in [5.41, 5.74) is 0.0684. The van der Waals surface area contributed by atoms with Crippen molar-refractivity contribution in [3.63, 3.8) is 0 Å². The maximum absolute atomic E-state index is 12.8. The summed E-state index contributed by atoms with van der Waals surface area (Å²) in [6.07, 6.45) is 5.88. The SMILES string of the molecule is Cc1oc2ncnc(NC3(C)CC3)c2c1C(=O)NC1(C#N)CCC1. The lowest BCUT2D eigenvalue weighted by Crippen LogP contribution is -2.52. The standard InChI is InChI=1S/C17H19N5O2/c1-10-11(14(23)22-17(8-18)4-3-5-17)12-13(21-16(2)6-7-16)19-9-20-15(12)24-10/h9H,3-7H2,1-2H3,(H,22,23)(H,19,20,21). The van der Waals surface area contributed by atoms with Gasteiger partial charge in [0, 0.05) is 5.54 Å². The van der Waals surface area contributed by atoms with Crippen LogP contribution in [0.5, 0.6) is 0 Å². The zero-order chi connectivity index (χ0) is 16.9. The first-order chi connectivity index (χ1) is 11.5. The minimum absolute atomic E-state index is 0.0159. The number of rotatable bonds is 4. The van der Waals surface area contributed by atoms with Crippen LogP contribution in [0.15, 0.2) is 10.7 Å². The van der Waals surface area contributed by atoms with Crippen LogP contribution in [0.1, 0.15) is 55.1 Å². The maximum Gasteiger partial charge on any atom is 0.256 e. The molecule has 0 spiro atoms. The Morgan fingerprint density at radius 2 is 2.08 bits per heavy atom. The molecular weight excluding hydrogens is 306 g/mol. The topological polar surface area (TPSA) is 104 Å². The second kappa shape index (κ2) is 4.94. The molecule has 0 radical (unpaired) electrons. The summed E-state index contributed by atoms with van der Waals surface area (Å²) in [4.78, 5) is 21.3. The summed E-state index contributed by atoms with van der Waals surface area (Å²) in [5, 5.41) is 16.2. The van der Waals surface area contributed by atoms with Gasteiger partial charge in [0.25, 0.3) is 5.91 Å². The third kappa shape index (κ3) is 2.30. The Morgan fingerprint density at radius 1 is 1.33 bits per heavy atom. The van der Waals surface area contributed by atoms with Crippen LogP contribution in [-0.4, -0.2) is 27.0 Å². The van der Waals surface area contributed by atoms with Gasteiger partial charge in [-0.25, -0.2) is 9.97 Å². The Morgan fingerprint density at radius 3 is 2.67 bits per heavy atom. The van der Waals surface area contributed by atoms with E-state index in [1.165, 1.54) is 6.33 Å². The van der Waals surface area contributed by atoms with Gasteiger partial charge in [0.15, 0.2) is 0 Å². The van der Waals surface area contributed by atoms with Crippen LogP contribution >= 0.6 is 0 Å². The van der Waals surface area contributed by atoms with E-state index >= 15 is 0 Å². The molecule has 0 atom stereocenters. The number of nitrogens with one attached hydrogen (secondary N) is 2. The van der Waals surface area contributed by atoms with Crippen LogP contribution in [0, 0.1) is 18.3 Å². The summed E-state index contributed by atoms with van der Waals surface area (Å²) >= 11 is 0. The molecule has 0 unspecified atom stereocenters. The monoisotopic (exact) mass is 325 g/mol. The first-order valence-corrected chi connectivity index (χ1v) is 8.21. The smallest absolute Gasteiger partial charge is 0.256 e. The maximum atomic E-state index is 12.8. The lowest BCUT2D eigenvalue weighted by molar-refractivity contribution is 0.0881. The highest BCUT2D eigenvalue weighted by Crippen LogP contribution is 2.40. The van der Waals surface area contributed by atoms with Crippen molar-refractivity contribution in [1.29, 1.82) is 5.26 Å². The molecule has 24 heavy (non-hydrogen) atoms. The van der Waals surface area contributed by atoms with Crippen LogP contribution in [0.25, 0.3) is 11.1 Å². The fraction of sp³-hybridized carbons (Fsp3) is 0.529. The lowest BCUT2D eigenvalue weighted by Gasteiger charge is -2.35. The van der Waals surface area contributed by atoms with Gasteiger partial charge in [-0.3, -0.25) is 4.79 Å². The fourth-order valence-corrected chi connectivity index (χ4v) is 3.09. The highest BCUT2D eigenvalue weighted by atomic mass is 16.3.